The average Bonchev–Trinajstić information content (AvgIpc) is 2.23. The van der Waals surface area contributed by atoms with Crippen molar-refractivity contribution in [1.82, 2.24) is 0 Å². The van der Waals surface area contributed by atoms with Crippen molar-refractivity contribution in [2.24, 2.45) is 29.4 Å². The van der Waals surface area contributed by atoms with Gasteiger partial charge in [-0.15, -0.1) is 0 Å². The number of hydrogen-bond donors (Lipinski definition) is 1. The van der Waals surface area contributed by atoms with Crippen LogP contribution in [0.2, 0.25) is 0 Å². The van der Waals surface area contributed by atoms with E-state index >= 15 is 0 Å². The van der Waals surface area contributed by atoms with Crippen LogP contribution in [0.3, 0.4) is 0 Å². The summed E-state index contributed by atoms with van der Waals surface area (Å²) in [5.41, 5.74) is 6.38. The van der Waals surface area contributed by atoms with Gasteiger partial charge in [-0.1, -0.05) is 34.1 Å². The summed E-state index contributed by atoms with van der Waals surface area (Å²) < 4.78 is 0. The van der Waals surface area contributed by atoms with Crippen LogP contribution in [0.1, 0.15) is 66.2 Å². The summed E-state index contributed by atoms with van der Waals surface area (Å²) >= 11 is 0. The number of hydrogen-bond acceptors (Lipinski definition) is 1. The predicted molar refractivity (Wildman–Crippen MR) is 72.3 cm³/mol. The van der Waals surface area contributed by atoms with Crippen LogP contribution < -0.4 is 5.73 Å². The maximum Gasteiger partial charge on any atom is 0.00674 e. The van der Waals surface area contributed by atoms with Crippen LogP contribution in [-0.2, 0) is 0 Å². The van der Waals surface area contributed by atoms with E-state index in [1.54, 1.807) is 0 Å². The molecule has 1 nitrogen and oxygen atoms in total. The molecule has 0 aromatic rings. The molecule has 0 aromatic heterocycles. The molecular formula is C15H31N. The molecule has 4 atom stereocenters. The Hall–Kier alpha value is -0.0400. The maximum absolute atomic E-state index is 6.38. The molecule has 1 aliphatic rings. The molecule has 0 amide bonds. The summed E-state index contributed by atoms with van der Waals surface area (Å²) in [6.45, 7) is 9.41. The summed E-state index contributed by atoms with van der Waals surface area (Å²) in [7, 11) is 0. The summed E-state index contributed by atoms with van der Waals surface area (Å²) in [4.78, 5) is 0. The molecule has 0 bridgehead atoms. The third kappa shape index (κ3) is 4.45. The second kappa shape index (κ2) is 6.64. The van der Waals surface area contributed by atoms with Crippen molar-refractivity contribution in [1.29, 1.82) is 0 Å². The highest BCUT2D eigenvalue weighted by molar-refractivity contribution is 4.82. The molecule has 1 fully saturated rings. The quantitative estimate of drug-likeness (QED) is 0.745. The van der Waals surface area contributed by atoms with Gasteiger partial charge in [0.1, 0.15) is 0 Å². The SMILES string of the molecule is CCC(C)CCC(N)C1CC(C)CC(C)C1. The molecule has 0 radical (unpaired) electrons. The van der Waals surface area contributed by atoms with Crippen LogP contribution in [0, 0.1) is 23.7 Å². The summed E-state index contributed by atoms with van der Waals surface area (Å²) in [6, 6.07) is 0.458. The van der Waals surface area contributed by atoms with Gasteiger partial charge in [0, 0.05) is 6.04 Å². The van der Waals surface area contributed by atoms with Gasteiger partial charge in [0.05, 0.1) is 0 Å². The first-order valence-corrected chi connectivity index (χ1v) is 7.28. The van der Waals surface area contributed by atoms with Crippen molar-refractivity contribution in [3.63, 3.8) is 0 Å². The molecular weight excluding hydrogens is 194 g/mol. The smallest absolute Gasteiger partial charge is 0.00674 e. The third-order valence-corrected chi connectivity index (χ3v) is 4.51. The van der Waals surface area contributed by atoms with Gasteiger partial charge in [0.2, 0.25) is 0 Å². The zero-order valence-corrected chi connectivity index (χ0v) is 11.7. The lowest BCUT2D eigenvalue weighted by atomic mass is 9.73. The van der Waals surface area contributed by atoms with Gasteiger partial charge < -0.3 is 5.73 Å². The fraction of sp³-hybridized carbons (Fsp3) is 1.00. The average molecular weight is 225 g/mol. The van der Waals surface area contributed by atoms with Crippen LogP contribution in [0.4, 0.5) is 0 Å². The van der Waals surface area contributed by atoms with E-state index in [1.807, 2.05) is 0 Å². The molecule has 1 heteroatoms. The van der Waals surface area contributed by atoms with E-state index < -0.39 is 0 Å². The van der Waals surface area contributed by atoms with Crippen LogP contribution in [-0.4, -0.2) is 6.04 Å². The zero-order valence-electron chi connectivity index (χ0n) is 11.7. The monoisotopic (exact) mass is 225 g/mol. The highest BCUT2D eigenvalue weighted by Crippen LogP contribution is 2.35. The first-order chi connectivity index (χ1) is 7.52. The molecule has 4 unspecified atom stereocenters. The third-order valence-electron chi connectivity index (χ3n) is 4.51. The largest absolute Gasteiger partial charge is 0.327 e. The number of rotatable bonds is 5. The van der Waals surface area contributed by atoms with E-state index in [4.69, 9.17) is 5.73 Å². The standard InChI is InChI=1S/C15H31N/c1-5-11(2)6-7-15(16)14-9-12(3)8-13(4)10-14/h11-15H,5-10,16H2,1-4H3. The molecule has 1 rings (SSSR count). The summed E-state index contributed by atoms with van der Waals surface area (Å²) in [5, 5.41) is 0. The molecule has 1 aliphatic carbocycles. The molecule has 0 aliphatic heterocycles. The minimum Gasteiger partial charge on any atom is -0.327 e. The second-order valence-electron chi connectivity index (χ2n) is 6.43. The normalized spacial score (nSPS) is 34.7. The molecule has 16 heavy (non-hydrogen) atoms. The Labute approximate surface area is 102 Å². The lowest BCUT2D eigenvalue weighted by Gasteiger charge is -2.35. The van der Waals surface area contributed by atoms with E-state index in [2.05, 4.69) is 27.7 Å². The second-order valence-corrected chi connectivity index (χ2v) is 6.43. The van der Waals surface area contributed by atoms with Gasteiger partial charge in [-0.25, -0.2) is 0 Å². The molecule has 0 spiro atoms. The van der Waals surface area contributed by atoms with E-state index in [0.717, 1.165) is 23.7 Å². The van der Waals surface area contributed by atoms with Gasteiger partial charge in [0.25, 0.3) is 0 Å². The Balaban J connectivity index is 2.32. The zero-order chi connectivity index (χ0) is 12.1. The van der Waals surface area contributed by atoms with Gasteiger partial charge in [-0.3, -0.25) is 0 Å². The van der Waals surface area contributed by atoms with Gasteiger partial charge in [0.15, 0.2) is 0 Å². The molecule has 0 saturated heterocycles. The first kappa shape index (κ1) is 14.0. The fourth-order valence-electron chi connectivity index (χ4n) is 3.28. The van der Waals surface area contributed by atoms with Crippen molar-refractivity contribution < 1.29 is 0 Å². The first-order valence-electron chi connectivity index (χ1n) is 7.28. The van der Waals surface area contributed by atoms with E-state index in [0.29, 0.717) is 6.04 Å². The Kier molecular flexibility index (Phi) is 5.82. The van der Waals surface area contributed by atoms with Crippen molar-refractivity contribution in [3.05, 3.63) is 0 Å². The fourth-order valence-corrected chi connectivity index (χ4v) is 3.28. The molecule has 96 valence electrons. The van der Waals surface area contributed by atoms with Crippen LogP contribution in [0.5, 0.6) is 0 Å². The topological polar surface area (TPSA) is 26.0 Å². The summed E-state index contributed by atoms with van der Waals surface area (Å²) in [6.07, 6.45) is 7.99. The molecule has 0 aromatic carbocycles. The van der Waals surface area contributed by atoms with Gasteiger partial charge >= 0.3 is 0 Å². The van der Waals surface area contributed by atoms with E-state index in [9.17, 15) is 0 Å². The van der Waals surface area contributed by atoms with Crippen LogP contribution >= 0.6 is 0 Å². The van der Waals surface area contributed by atoms with E-state index in [1.165, 1.54) is 38.5 Å². The molecule has 1 saturated carbocycles. The minimum atomic E-state index is 0.458. The highest BCUT2D eigenvalue weighted by atomic mass is 14.7. The Morgan fingerprint density at radius 3 is 2.12 bits per heavy atom. The van der Waals surface area contributed by atoms with Crippen molar-refractivity contribution in [2.45, 2.75) is 72.3 Å². The maximum atomic E-state index is 6.38. The minimum absolute atomic E-state index is 0.458. The van der Waals surface area contributed by atoms with Crippen LogP contribution in [0.15, 0.2) is 0 Å². The van der Waals surface area contributed by atoms with Gasteiger partial charge in [-0.05, 0) is 55.8 Å². The van der Waals surface area contributed by atoms with E-state index in [-0.39, 0.29) is 0 Å². The predicted octanol–water partition coefficient (Wildman–Crippen LogP) is 4.21. The molecule has 2 N–H and O–H groups in total. The highest BCUT2D eigenvalue weighted by Gasteiger charge is 2.27. The Bertz CT molecular complexity index is 180. The van der Waals surface area contributed by atoms with Crippen molar-refractivity contribution >= 4 is 0 Å². The summed E-state index contributed by atoms with van der Waals surface area (Å²) in [5.74, 6) is 3.43. The van der Waals surface area contributed by atoms with Crippen LogP contribution in [0.25, 0.3) is 0 Å². The lowest BCUT2D eigenvalue weighted by Crippen LogP contribution is -2.35. The Morgan fingerprint density at radius 1 is 1.06 bits per heavy atom. The van der Waals surface area contributed by atoms with Crippen molar-refractivity contribution in [3.8, 4) is 0 Å². The van der Waals surface area contributed by atoms with Crippen molar-refractivity contribution in [2.75, 3.05) is 0 Å². The number of nitrogens with two attached hydrogens (primary N) is 1. The molecule has 0 heterocycles. The van der Waals surface area contributed by atoms with Gasteiger partial charge in [-0.2, -0.15) is 0 Å². The lowest BCUT2D eigenvalue weighted by molar-refractivity contribution is 0.184. The Morgan fingerprint density at radius 2 is 1.62 bits per heavy atom.